The zero-order valence-corrected chi connectivity index (χ0v) is 13.0. The molecule has 3 rings (SSSR count). The molecule has 116 valence electrons. The summed E-state index contributed by atoms with van der Waals surface area (Å²) < 4.78 is 5.70. The zero-order valence-electron chi connectivity index (χ0n) is 13.0. The standard InChI is InChI=1S/C16H25N3O2/c1-11(2)14-8-15(18-17-14)16(20)19-6-7-21-10-13(9-19)12-4-3-5-12/h8,11-13H,3-7,9-10H2,1-2H3,(H,17,18). The normalized spacial score (nSPS) is 24.0. The topological polar surface area (TPSA) is 58.2 Å². The average molecular weight is 291 g/mol. The molecule has 0 radical (unpaired) electrons. The van der Waals surface area contributed by atoms with E-state index in [0.717, 1.165) is 24.8 Å². The van der Waals surface area contributed by atoms with Gasteiger partial charge in [0.25, 0.3) is 5.91 Å². The number of carbonyl (C=O) groups is 1. The van der Waals surface area contributed by atoms with Crippen LogP contribution in [0.4, 0.5) is 0 Å². The SMILES string of the molecule is CC(C)c1cc(C(=O)N2CCOCC(C3CCC3)C2)n[nH]1. The molecule has 1 saturated heterocycles. The van der Waals surface area contributed by atoms with Gasteiger partial charge in [0.2, 0.25) is 0 Å². The predicted molar refractivity (Wildman–Crippen MR) is 80.2 cm³/mol. The molecule has 1 aromatic heterocycles. The van der Waals surface area contributed by atoms with Crippen molar-refractivity contribution in [3.63, 3.8) is 0 Å². The molecule has 2 fully saturated rings. The van der Waals surface area contributed by atoms with Crippen LogP contribution in [0.15, 0.2) is 6.07 Å². The van der Waals surface area contributed by atoms with Crippen LogP contribution < -0.4 is 0 Å². The summed E-state index contributed by atoms with van der Waals surface area (Å²) in [5.41, 5.74) is 1.55. The number of rotatable bonds is 3. The van der Waals surface area contributed by atoms with Gasteiger partial charge in [-0.3, -0.25) is 9.89 Å². The quantitative estimate of drug-likeness (QED) is 0.930. The van der Waals surface area contributed by atoms with Crippen molar-refractivity contribution in [3.8, 4) is 0 Å². The Hall–Kier alpha value is -1.36. The van der Waals surface area contributed by atoms with Crippen LogP contribution in [0.5, 0.6) is 0 Å². The minimum Gasteiger partial charge on any atom is -0.379 e. The molecule has 0 bridgehead atoms. The van der Waals surface area contributed by atoms with E-state index in [1.807, 2.05) is 11.0 Å². The van der Waals surface area contributed by atoms with Crippen molar-refractivity contribution in [1.82, 2.24) is 15.1 Å². The summed E-state index contributed by atoms with van der Waals surface area (Å²) in [7, 11) is 0. The summed E-state index contributed by atoms with van der Waals surface area (Å²) in [5.74, 6) is 1.62. The van der Waals surface area contributed by atoms with E-state index in [9.17, 15) is 4.79 Å². The molecule has 5 heteroatoms. The molecule has 0 spiro atoms. The predicted octanol–water partition coefficient (Wildman–Crippen LogP) is 2.42. The Morgan fingerprint density at radius 3 is 2.86 bits per heavy atom. The van der Waals surface area contributed by atoms with E-state index in [1.165, 1.54) is 19.3 Å². The van der Waals surface area contributed by atoms with Gasteiger partial charge in [0.1, 0.15) is 5.69 Å². The van der Waals surface area contributed by atoms with E-state index in [0.29, 0.717) is 30.7 Å². The van der Waals surface area contributed by atoms with Gasteiger partial charge >= 0.3 is 0 Å². The van der Waals surface area contributed by atoms with Gasteiger partial charge in [0, 0.05) is 24.7 Å². The van der Waals surface area contributed by atoms with Gasteiger partial charge in [-0.05, 0) is 17.9 Å². The third-order valence-corrected chi connectivity index (χ3v) is 4.83. The van der Waals surface area contributed by atoms with Gasteiger partial charge in [0.05, 0.1) is 13.2 Å². The van der Waals surface area contributed by atoms with Crippen LogP contribution in [0.25, 0.3) is 0 Å². The van der Waals surface area contributed by atoms with Gasteiger partial charge in [-0.25, -0.2) is 0 Å². The first-order chi connectivity index (χ1) is 10.1. The lowest BCUT2D eigenvalue weighted by atomic mass is 9.76. The number of hydrogen-bond acceptors (Lipinski definition) is 3. The number of carbonyl (C=O) groups excluding carboxylic acids is 1. The molecule has 1 aliphatic heterocycles. The number of ether oxygens (including phenoxy) is 1. The lowest BCUT2D eigenvalue weighted by Gasteiger charge is -2.34. The number of hydrogen-bond donors (Lipinski definition) is 1. The zero-order chi connectivity index (χ0) is 14.8. The monoisotopic (exact) mass is 291 g/mol. The van der Waals surface area contributed by atoms with Crippen molar-refractivity contribution in [1.29, 1.82) is 0 Å². The highest BCUT2D eigenvalue weighted by atomic mass is 16.5. The van der Waals surface area contributed by atoms with E-state index in [4.69, 9.17) is 4.74 Å². The first-order valence-corrected chi connectivity index (χ1v) is 8.07. The molecule has 2 heterocycles. The Balaban J connectivity index is 1.69. The maximum absolute atomic E-state index is 12.7. The second kappa shape index (κ2) is 6.18. The van der Waals surface area contributed by atoms with Crippen LogP contribution in [0.1, 0.15) is 55.2 Å². The van der Waals surface area contributed by atoms with E-state index >= 15 is 0 Å². The van der Waals surface area contributed by atoms with E-state index < -0.39 is 0 Å². The summed E-state index contributed by atoms with van der Waals surface area (Å²) in [6.07, 6.45) is 3.90. The lowest BCUT2D eigenvalue weighted by molar-refractivity contribution is 0.0683. The Morgan fingerprint density at radius 2 is 2.24 bits per heavy atom. The molecule has 1 amide bonds. The largest absolute Gasteiger partial charge is 0.379 e. The Kier molecular flexibility index (Phi) is 4.29. The van der Waals surface area contributed by atoms with Gasteiger partial charge in [0.15, 0.2) is 0 Å². The minimum atomic E-state index is 0.0352. The Labute approximate surface area is 126 Å². The van der Waals surface area contributed by atoms with Crippen molar-refractivity contribution < 1.29 is 9.53 Å². The number of nitrogens with zero attached hydrogens (tertiary/aromatic N) is 2. The van der Waals surface area contributed by atoms with Crippen LogP contribution in [-0.2, 0) is 4.74 Å². The highest BCUT2D eigenvalue weighted by molar-refractivity contribution is 5.92. The number of nitrogens with one attached hydrogen (secondary N) is 1. The van der Waals surface area contributed by atoms with E-state index in [1.54, 1.807) is 0 Å². The second-order valence-corrected chi connectivity index (χ2v) is 6.64. The van der Waals surface area contributed by atoms with E-state index in [2.05, 4.69) is 24.0 Å². The maximum atomic E-state index is 12.7. The lowest BCUT2D eigenvalue weighted by Crippen LogP contribution is -2.39. The van der Waals surface area contributed by atoms with Gasteiger partial charge < -0.3 is 9.64 Å². The first-order valence-electron chi connectivity index (χ1n) is 8.07. The smallest absolute Gasteiger partial charge is 0.274 e. The van der Waals surface area contributed by atoms with Gasteiger partial charge in [-0.1, -0.05) is 33.1 Å². The molecule has 1 saturated carbocycles. The molecular formula is C16H25N3O2. The fraction of sp³-hybridized carbons (Fsp3) is 0.750. The summed E-state index contributed by atoms with van der Waals surface area (Å²) in [6.45, 7) is 7.10. The van der Waals surface area contributed by atoms with Crippen LogP contribution in [-0.4, -0.2) is 47.3 Å². The molecular weight excluding hydrogens is 266 g/mol. The van der Waals surface area contributed by atoms with Crippen LogP contribution in [0, 0.1) is 11.8 Å². The summed E-state index contributed by atoms with van der Waals surface area (Å²) >= 11 is 0. The molecule has 1 aliphatic carbocycles. The third-order valence-electron chi connectivity index (χ3n) is 4.83. The molecule has 1 atom stereocenters. The number of H-pyrrole nitrogens is 1. The van der Waals surface area contributed by atoms with Gasteiger partial charge in [-0.15, -0.1) is 0 Å². The Morgan fingerprint density at radius 1 is 1.43 bits per heavy atom. The number of aromatic nitrogens is 2. The van der Waals surface area contributed by atoms with Crippen LogP contribution >= 0.6 is 0 Å². The maximum Gasteiger partial charge on any atom is 0.274 e. The van der Waals surface area contributed by atoms with E-state index in [-0.39, 0.29) is 5.91 Å². The van der Waals surface area contributed by atoms with Crippen LogP contribution in [0.2, 0.25) is 0 Å². The van der Waals surface area contributed by atoms with Crippen LogP contribution in [0.3, 0.4) is 0 Å². The molecule has 2 aliphatic rings. The first kappa shape index (κ1) is 14.6. The highest BCUT2D eigenvalue weighted by Crippen LogP contribution is 2.34. The number of aromatic amines is 1. The van der Waals surface area contributed by atoms with Crippen molar-refractivity contribution in [2.45, 2.75) is 39.0 Å². The van der Waals surface area contributed by atoms with Crippen molar-refractivity contribution >= 4 is 5.91 Å². The molecule has 1 N–H and O–H groups in total. The van der Waals surface area contributed by atoms with Gasteiger partial charge in [-0.2, -0.15) is 5.10 Å². The fourth-order valence-corrected chi connectivity index (χ4v) is 3.12. The van der Waals surface area contributed by atoms with Crippen molar-refractivity contribution in [3.05, 3.63) is 17.5 Å². The third kappa shape index (κ3) is 3.12. The Bertz CT molecular complexity index is 493. The molecule has 1 unspecified atom stereocenters. The molecule has 5 nitrogen and oxygen atoms in total. The van der Waals surface area contributed by atoms with Crippen molar-refractivity contribution in [2.24, 2.45) is 11.8 Å². The highest BCUT2D eigenvalue weighted by Gasteiger charge is 2.32. The second-order valence-electron chi connectivity index (χ2n) is 6.64. The molecule has 0 aromatic carbocycles. The summed E-state index contributed by atoms with van der Waals surface area (Å²) in [6, 6.07) is 1.89. The summed E-state index contributed by atoms with van der Waals surface area (Å²) in [5, 5.41) is 7.16. The number of amides is 1. The fourth-order valence-electron chi connectivity index (χ4n) is 3.12. The molecule has 21 heavy (non-hydrogen) atoms. The molecule has 1 aromatic rings. The average Bonchev–Trinajstić information content (AvgIpc) is 2.77. The minimum absolute atomic E-state index is 0.0352. The summed E-state index contributed by atoms with van der Waals surface area (Å²) in [4.78, 5) is 14.6. The van der Waals surface area contributed by atoms with Crippen molar-refractivity contribution in [2.75, 3.05) is 26.3 Å².